The maximum absolute atomic E-state index is 13.7. The fraction of sp³-hybridized carbons (Fsp3) is 0.353. The Morgan fingerprint density at radius 2 is 1.65 bits per heavy atom. The first kappa shape index (κ1) is 26.3. The topological polar surface area (TPSA) is 74.6 Å². The number of aromatic nitrogens is 1. The van der Waals surface area contributed by atoms with E-state index in [0.29, 0.717) is 6.54 Å². The third kappa shape index (κ3) is 4.92. The standard InChI is InChI=1S/C34H37N3O3/c1-36-20-19-28-27-13-7-8-14-30(27)37(32(28)34(36)40)21-23-15-17-26(18-16-23)31(25-11-5-6-12-25)33(39)35-29(22-38)24-9-3-2-4-10-24/h2-4,7-10,13-18,25,29,31,38H,5-6,11-12,19-22H2,1H3,(H,35,39)/t29-,31?/m0/s1. The highest BCUT2D eigenvalue weighted by Gasteiger charge is 2.33. The summed E-state index contributed by atoms with van der Waals surface area (Å²) < 4.78 is 2.16. The van der Waals surface area contributed by atoms with Crippen LogP contribution in [0.3, 0.4) is 0 Å². The molecule has 4 aromatic rings. The van der Waals surface area contributed by atoms with Crippen LogP contribution in [0.25, 0.3) is 10.9 Å². The van der Waals surface area contributed by atoms with Crippen LogP contribution in [0.15, 0.2) is 78.9 Å². The number of amides is 2. The van der Waals surface area contributed by atoms with Gasteiger partial charge in [-0.15, -0.1) is 0 Å². The van der Waals surface area contributed by atoms with E-state index < -0.39 is 6.04 Å². The first-order chi connectivity index (χ1) is 19.5. The van der Waals surface area contributed by atoms with E-state index in [-0.39, 0.29) is 30.3 Å². The molecule has 2 heterocycles. The summed E-state index contributed by atoms with van der Waals surface area (Å²) in [6, 6.07) is 25.9. The molecule has 206 valence electrons. The molecule has 40 heavy (non-hydrogen) atoms. The fourth-order valence-corrected chi connectivity index (χ4v) is 6.72. The molecule has 3 aromatic carbocycles. The molecule has 0 spiro atoms. The first-order valence-corrected chi connectivity index (χ1v) is 14.5. The molecule has 0 bridgehead atoms. The molecular formula is C34H37N3O3. The van der Waals surface area contributed by atoms with Crippen molar-refractivity contribution < 1.29 is 14.7 Å². The highest BCUT2D eigenvalue weighted by molar-refractivity contribution is 6.02. The Labute approximate surface area is 235 Å². The van der Waals surface area contributed by atoms with E-state index >= 15 is 0 Å². The number of likely N-dealkylation sites (N-methyl/N-ethyl adjacent to an activating group) is 1. The number of carbonyl (C=O) groups excluding carboxylic acids is 2. The third-order valence-electron chi connectivity index (χ3n) is 8.86. The van der Waals surface area contributed by atoms with Crippen molar-refractivity contribution >= 4 is 22.7 Å². The van der Waals surface area contributed by atoms with Gasteiger partial charge in [0.1, 0.15) is 5.69 Å². The molecule has 2 atom stereocenters. The number of nitrogens with zero attached hydrogens (tertiary/aromatic N) is 2. The van der Waals surface area contributed by atoms with E-state index in [1.165, 1.54) is 0 Å². The van der Waals surface area contributed by atoms with E-state index in [2.05, 4.69) is 46.3 Å². The van der Waals surface area contributed by atoms with Crippen LogP contribution in [-0.4, -0.2) is 46.6 Å². The average molecular weight is 536 g/mol. The molecule has 2 amide bonds. The van der Waals surface area contributed by atoms with Crippen LogP contribution in [-0.2, 0) is 17.8 Å². The Morgan fingerprint density at radius 1 is 0.950 bits per heavy atom. The van der Waals surface area contributed by atoms with Crippen LogP contribution in [0, 0.1) is 5.92 Å². The van der Waals surface area contributed by atoms with Crippen LogP contribution in [0.2, 0.25) is 0 Å². The Hall–Kier alpha value is -3.90. The monoisotopic (exact) mass is 535 g/mol. The second-order valence-electron chi connectivity index (χ2n) is 11.3. The molecule has 1 aliphatic heterocycles. The van der Waals surface area contributed by atoms with Gasteiger partial charge in [-0.2, -0.15) is 0 Å². The molecule has 6 rings (SSSR count). The summed E-state index contributed by atoms with van der Waals surface area (Å²) in [6.07, 6.45) is 5.21. The Balaban J connectivity index is 1.28. The largest absolute Gasteiger partial charge is 0.394 e. The fourth-order valence-electron chi connectivity index (χ4n) is 6.72. The van der Waals surface area contributed by atoms with Crippen LogP contribution in [0.1, 0.15) is 70.4 Å². The molecule has 1 fully saturated rings. The minimum absolute atomic E-state index is 0.0262. The predicted octanol–water partition coefficient (Wildman–Crippen LogP) is 5.44. The van der Waals surface area contributed by atoms with Crippen LogP contribution < -0.4 is 5.32 Å². The minimum atomic E-state index is -0.430. The first-order valence-electron chi connectivity index (χ1n) is 14.5. The normalized spacial score (nSPS) is 17.1. The van der Waals surface area contributed by atoms with Gasteiger partial charge in [0.2, 0.25) is 5.91 Å². The van der Waals surface area contributed by atoms with Gasteiger partial charge in [0, 0.05) is 31.0 Å². The summed E-state index contributed by atoms with van der Waals surface area (Å²) in [4.78, 5) is 28.7. The van der Waals surface area contributed by atoms with E-state index in [0.717, 1.165) is 77.5 Å². The molecule has 1 unspecified atom stereocenters. The van der Waals surface area contributed by atoms with Crippen LogP contribution >= 0.6 is 0 Å². The number of nitrogens with one attached hydrogen (secondary N) is 1. The Morgan fingerprint density at radius 3 is 2.38 bits per heavy atom. The number of fused-ring (bicyclic) bond motifs is 3. The van der Waals surface area contributed by atoms with E-state index in [1.54, 1.807) is 4.90 Å². The number of benzene rings is 3. The summed E-state index contributed by atoms with van der Waals surface area (Å²) >= 11 is 0. The van der Waals surface area contributed by atoms with Gasteiger partial charge >= 0.3 is 0 Å². The minimum Gasteiger partial charge on any atom is -0.394 e. The zero-order valence-electron chi connectivity index (χ0n) is 23.1. The number of carbonyl (C=O) groups is 2. The van der Waals surface area contributed by atoms with Crippen molar-refractivity contribution in [2.24, 2.45) is 5.92 Å². The highest BCUT2D eigenvalue weighted by atomic mass is 16.3. The number of hydrogen-bond donors (Lipinski definition) is 2. The molecular weight excluding hydrogens is 498 g/mol. The maximum atomic E-state index is 13.7. The molecule has 0 radical (unpaired) electrons. The summed E-state index contributed by atoms with van der Waals surface area (Å²) in [5, 5.41) is 14.4. The molecule has 1 saturated carbocycles. The summed E-state index contributed by atoms with van der Waals surface area (Å²) in [5.74, 6) is 0.0739. The van der Waals surface area contributed by atoms with E-state index in [4.69, 9.17) is 0 Å². The van der Waals surface area contributed by atoms with Crippen molar-refractivity contribution in [3.8, 4) is 0 Å². The predicted molar refractivity (Wildman–Crippen MR) is 157 cm³/mol. The Kier molecular flexibility index (Phi) is 7.44. The molecule has 2 N–H and O–H groups in total. The van der Waals surface area contributed by atoms with E-state index in [9.17, 15) is 14.7 Å². The lowest BCUT2D eigenvalue weighted by molar-refractivity contribution is -0.124. The van der Waals surface area contributed by atoms with Gasteiger partial charge in [0.15, 0.2) is 0 Å². The molecule has 1 aliphatic carbocycles. The zero-order valence-corrected chi connectivity index (χ0v) is 23.1. The number of hydrogen-bond acceptors (Lipinski definition) is 3. The van der Waals surface area contributed by atoms with Crippen molar-refractivity contribution in [2.75, 3.05) is 20.2 Å². The van der Waals surface area contributed by atoms with Gasteiger partial charge in [-0.3, -0.25) is 9.59 Å². The number of para-hydroxylation sites is 1. The highest BCUT2D eigenvalue weighted by Crippen LogP contribution is 2.38. The smallest absolute Gasteiger partial charge is 0.270 e. The lowest BCUT2D eigenvalue weighted by atomic mass is 9.83. The SMILES string of the molecule is CN1CCc2c(n(Cc3ccc(C(C(=O)N[C@@H](CO)c4ccccc4)C4CCCC4)cc3)c3ccccc23)C1=O. The average Bonchev–Trinajstić information content (AvgIpc) is 3.62. The Bertz CT molecular complexity index is 1500. The lowest BCUT2D eigenvalue weighted by Gasteiger charge is -2.26. The molecule has 6 heteroatoms. The van der Waals surface area contributed by atoms with Gasteiger partial charge in [-0.25, -0.2) is 0 Å². The number of aliphatic hydroxyl groups is 1. The molecule has 6 nitrogen and oxygen atoms in total. The quantitative estimate of drug-likeness (QED) is 0.316. The van der Waals surface area contributed by atoms with E-state index in [1.807, 2.05) is 49.5 Å². The second kappa shape index (κ2) is 11.3. The maximum Gasteiger partial charge on any atom is 0.270 e. The number of rotatable bonds is 8. The molecule has 2 aliphatic rings. The number of aliphatic hydroxyl groups excluding tert-OH is 1. The van der Waals surface area contributed by atoms with Gasteiger partial charge in [0.25, 0.3) is 5.91 Å². The molecule has 0 saturated heterocycles. The summed E-state index contributed by atoms with van der Waals surface area (Å²) in [5.41, 5.74) is 6.02. The zero-order chi connectivity index (χ0) is 27.6. The van der Waals surface area contributed by atoms with Gasteiger partial charge in [-0.05, 0) is 53.5 Å². The third-order valence-corrected chi connectivity index (χ3v) is 8.86. The van der Waals surface area contributed by atoms with Crippen molar-refractivity contribution in [1.29, 1.82) is 0 Å². The van der Waals surface area contributed by atoms with Gasteiger partial charge < -0.3 is 19.9 Å². The van der Waals surface area contributed by atoms with Crippen molar-refractivity contribution in [3.63, 3.8) is 0 Å². The summed E-state index contributed by atoms with van der Waals surface area (Å²) in [7, 11) is 1.87. The lowest BCUT2D eigenvalue weighted by Crippen LogP contribution is -2.37. The van der Waals surface area contributed by atoms with Gasteiger partial charge in [-0.1, -0.05) is 85.6 Å². The van der Waals surface area contributed by atoms with Crippen LogP contribution in [0.4, 0.5) is 0 Å². The van der Waals surface area contributed by atoms with Crippen molar-refractivity contribution in [1.82, 2.24) is 14.8 Å². The summed E-state index contributed by atoms with van der Waals surface area (Å²) in [6.45, 7) is 1.19. The van der Waals surface area contributed by atoms with Crippen molar-refractivity contribution in [3.05, 3.63) is 107 Å². The van der Waals surface area contributed by atoms with Crippen LogP contribution in [0.5, 0.6) is 0 Å². The van der Waals surface area contributed by atoms with Gasteiger partial charge in [0.05, 0.1) is 18.6 Å². The second-order valence-corrected chi connectivity index (χ2v) is 11.3. The molecule has 1 aromatic heterocycles. The van der Waals surface area contributed by atoms with Crippen molar-refractivity contribution in [2.45, 2.75) is 50.6 Å².